The minimum Gasteiger partial charge on any atom is -0.354 e. The second-order valence-electron chi connectivity index (χ2n) is 4.14. The predicted octanol–water partition coefficient (Wildman–Crippen LogP) is 2.13. The van der Waals surface area contributed by atoms with E-state index < -0.39 is 0 Å². The molecule has 0 saturated heterocycles. The summed E-state index contributed by atoms with van der Waals surface area (Å²) in [5, 5.41) is 6.62. The van der Waals surface area contributed by atoms with Crippen LogP contribution in [0.15, 0.2) is 34.2 Å². The molecule has 0 atom stereocenters. The highest BCUT2D eigenvalue weighted by molar-refractivity contribution is 7.98. The Morgan fingerprint density at radius 1 is 1.39 bits per heavy atom. The molecule has 0 fully saturated rings. The lowest BCUT2D eigenvalue weighted by Crippen LogP contribution is -2.36. The number of benzene rings is 1. The Hall–Kier alpha value is -1.20. The van der Waals surface area contributed by atoms with Gasteiger partial charge in [-0.15, -0.1) is 11.8 Å². The number of anilines is 1. The number of nitrogens with one attached hydrogen (secondary N) is 2. The minimum atomic E-state index is 0.329. The number of guanidine groups is 1. The van der Waals surface area contributed by atoms with E-state index in [1.54, 1.807) is 11.8 Å². The van der Waals surface area contributed by atoms with E-state index in [2.05, 4.69) is 41.8 Å². The standard InChI is InChI=1S/C13H22N4S/c1-10(2)16-13(15-9-8-14)17-11-6-4-5-7-12(11)18-3/h4-7,10H,8-9,14H2,1-3H3,(H2,15,16,17). The largest absolute Gasteiger partial charge is 0.354 e. The number of nitrogens with two attached hydrogens (primary N) is 1. The average Bonchev–Trinajstić information content (AvgIpc) is 2.36. The zero-order valence-corrected chi connectivity index (χ0v) is 12.1. The summed E-state index contributed by atoms with van der Waals surface area (Å²) >= 11 is 1.71. The summed E-state index contributed by atoms with van der Waals surface area (Å²) in [4.78, 5) is 5.61. The predicted molar refractivity (Wildman–Crippen MR) is 81.5 cm³/mol. The van der Waals surface area contributed by atoms with E-state index in [9.17, 15) is 0 Å². The van der Waals surface area contributed by atoms with Crippen molar-refractivity contribution in [2.24, 2.45) is 10.7 Å². The monoisotopic (exact) mass is 266 g/mol. The molecule has 1 aromatic rings. The molecule has 0 spiro atoms. The first-order valence-corrected chi connectivity index (χ1v) is 7.31. The van der Waals surface area contributed by atoms with Gasteiger partial charge in [-0.05, 0) is 32.2 Å². The number of rotatable bonds is 5. The Bertz CT molecular complexity index is 390. The fraction of sp³-hybridized carbons (Fsp3) is 0.462. The molecule has 0 amide bonds. The fourth-order valence-corrected chi connectivity index (χ4v) is 2.00. The Labute approximate surface area is 113 Å². The maximum atomic E-state index is 5.49. The van der Waals surface area contributed by atoms with Gasteiger partial charge in [0.1, 0.15) is 0 Å². The summed E-state index contributed by atoms with van der Waals surface area (Å²) in [5.74, 6) is 0.775. The van der Waals surface area contributed by atoms with Gasteiger partial charge in [0.05, 0.1) is 12.2 Å². The van der Waals surface area contributed by atoms with Crippen LogP contribution < -0.4 is 16.4 Å². The van der Waals surface area contributed by atoms with Gasteiger partial charge in [0, 0.05) is 17.5 Å². The van der Waals surface area contributed by atoms with Crippen LogP contribution in [0, 0.1) is 0 Å². The zero-order chi connectivity index (χ0) is 13.4. The maximum Gasteiger partial charge on any atom is 0.196 e. The van der Waals surface area contributed by atoms with Crippen LogP contribution in [-0.2, 0) is 0 Å². The van der Waals surface area contributed by atoms with Crippen molar-refractivity contribution in [3.05, 3.63) is 24.3 Å². The molecule has 0 saturated carbocycles. The van der Waals surface area contributed by atoms with E-state index in [0.29, 0.717) is 19.1 Å². The van der Waals surface area contributed by atoms with Crippen molar-refractivity contribution in [1.29, 1.82) is 0 Å². The van der Waals surface area contributed by atoms with E-state index in [1.807, 2.05) is 18.2 Å². The first-order chi connectivity index (χ1) is 8.67. The van der Waals surface area contributed by atoms with Crippen molar-refractivity contribution < 1.29 is 0 Å². The molecule has 0 radical (unpaired) electrons. The van der Waals surface area contributed by atoms with Gasteiger partial charge in [-0.1, -0.05) is 12.1 Å². The third-order valence-corrected chi connectivity index (χ3v) is 2.98. The van der Waals surface area contributed by atoms with Gasteiger partial charge < -0.3 is 16.4 Å². The topological polar surface area (TPSA) is 62.4 Å². The van der Waals surface area contributed by atoms with E-state index in [1.165, 1.54) is 4.90 Å². The molecule has 0 unspecified atom stereocenters. The van der Waals surface area contributed by atoms with Crippen LogP contribution in [0.1, 0.15) is 13.8 Å². The van der Waals surface area contributed by atoms with Crippen LogP contribution in [0.25, 0.3) is 0 Å². The van der Waals surface area contributed by atoms with Gasteiger partial charge >= 0.3 is 0 Å². The van der Waals surface area contributed by atoms with Crippen LogP contribution in [-0.4, -0.2) is 31.3 Å². The summed E-state index contributed by atoms with van der Waals surface area (Å²) in [6.07, 6.45) is 2.06. The second-order valence-corrected chi connectivity index (χ2v) is 4.99. The van der Waals surface area contributed by atoms with E-state index >= 15 is 0 Å². The van der Waals surface area contributed by atoms with Gasteiger partial charge in [0.25, 0.3) is 0 Å². The average molecular weight is 266 g/mol. The van der Waals surface area contributed by atoms with Crippen LogP contribution in [0.4, 0.5) is 5.69 Å². The zero-order valence-electron chi connectivity index (χ0n) is 11.2. The Morgan fingerprint density at radius 3 is 2.72 bits per heavy atom. The Kier molecular flexibility index (Phi) is 6.60. The number of hydrogen-bond donors (Lipinski definition) is 3. The molecule has 100 valence electrons. The molecule has 5 heteroatoms. The molecule has 0 heterocycles. The smallest absolute Gasteiger partial charge is 0.196 e. The van der Waals surface area contributed by atoms with Crippen molar-refractivity contribution in [2.75, 3.05) is 24.7 Å². The number of para-hydroxylation sites is 1. The third-order valence-electron chi connectivity index (χ3n) is 2.18. The first-order valence-electron chi connectivity index (χ1n) is 6.08. The van der Waals surface area contributed by atoms with Crippen molar-refractivity contribution in [2.45, 2.75) is 24.8 Å². The summed E-state index contributed by atoms with van der Waals surface area (Å²) in [6.45, 7) is 5.33. The maximum absolute atomic E-state index is 5.49. The van der Waals surface area contributed by atoms with Gasteiger partial charge in [0.15, 0.2) is 5.96 Å². The lowest BCUT2D eigenvalue weighted by atomic mass is 10.3. The summed E-state index contributed by atoms with van der Waals surface area (Å²) in [6, 6.07) is 8.51. The second kappa shape index (κ2) is 8.00. The van der Waals surface area contributed by atoms with Crippen molar-refractivity contribution in [1.82, 2.24) is 5.32 Å². The summed E-state index contributed by atoms with van der Waals surface area (Å²) < 4.78 is 0. The number of aliphatic imine (C=N–C) groups is 1. The minimum absolute atomic E-state index is 0.329. The van der Waals surface area contributed by atoms with Gasteiger partial charge in [-0.2, -0.15) is 0 Å². The van der Waals surface area contributed by atoms with Crippen molar-refractivity contribution >= 4 is 23.4 Å². The van der Waals surface area contributed by atoms with Gasteiger partial charge in [0.2, 0.25) is 0 Å². The fourth-order valence-electron chi connectivity index (χ4n) is 1.45. The quantitative estimate of drug-likeness (QED) is 0.434. The first kappa shape index (κ1) is 14.9. The van der Waals surface area contributed by atoms with Crippen LogP contribution in [0.2, 0.25) is 0 Å². The Morgan fingerprint density at radius 2 is 2.11 bits per heavy atom. The molecule has 4 N–H and O–H groups in total. The lowest BCUT2D eigenvalue weighted by molar-refractivity contribution is 0.727. The van der Waals surface area contributed by atoms with Crippen LogP contribution in [0.5, 0.6) is 0 Å². The molecule has 0 bridgehead atoms. The normalized spacial score (nSPS) is 11.7. The molecule has 0 aliphatic rings. The van der Waals surface area contributed by atoms with E-state index in [0.717, 1.165) is 11.6 Å². The molecule has 1 aromatic carbocycles. The van der Waals surface area contributed by atoms with E-state index in [-0.39, 0.29) is 0 Å². The molecule has 0 aliphatic carbocycles. The van der Waals surface area contributed by atoms with Crippen molar-refractivity contribution in [3.8, 4) is 0 Å². The van der Waals surface area contributed by atoms with E-state index in [4.69, 9.17) is 5.73 Å². The lowest BCUT2D eigenvalue weighted by Gasteiger charge is -2.16. The summed E-state index contributed by atoms with van der Waals surface area (Å²) in [7, 11) is 0. The van der Waals surface area contributed by atoms with Gasteiger partial charge in [-0.25, -0.2) is 0 Å². The van der Waals surface area contributed by atoms with Crippen LogP contribution >= 0.6 is 11.8 Å². The molecule has 0 aliphatic heterocycles. The molecule has 0 aromatic heterocycles. The summed E-state index contributed by atoms with van der Waals surface area (Å²) in [5.41, 5.74) is 6.55. The molecule has 18 heavy (non-hydrogen) atoms. The van der Waals surface area contributed by atoms with Crippen molar-refractivity contribution in [3.63, 3.8) is 0 Å². The Balaban J connectivity index is 2.81. The highest BCUT2D eigenvalue weighted by atomic mass is 32.2. The molecule has 1 rings (SSSR count). The number of nitrogens with zero attached hydrogens (tertiary/aromatic N) is 1. The highest BCUT2D eigenvalue weighted by Gasteiger charge is 2.05. The van der Waals surface area contributed by atoms with Crippen LogP contribution in [0.3, 0.4) is 0 Å². The number of thioether (sulfide) groups is 1. The van der Waals surface area contributed by atoms with Gasteiger partial charge in [-0.3, -0.25) is 4.99 Å². The third kappa shape index (κ3) is 4.98. The molecular formula is C13H22N4S. The molecular weight excluding hydrogens is 244 g/mol. The molecule has 4 nitrogen and oxygen atoms in total. The SMILES string of the molecule is CSc1ccccc1NC(=NCCN)NC(C)C. The number of hydrogen-bond acceptors (Lipinski definition) is 3. The highest BCUT2D eigenvalue weighted by Crippen LogP contribution is 2.24.